The third-order valence-corrected chi connectivity index (χ3v) is 2.68. The first-order chi connectivity index (χ1) is 10.5. The number of nitrogens with two attached hydrogens (primary N) is 1. The molecule has 2 rings (SSSR count). The number of nitro groups is 1. The van der Waals surface area contributed by atoms with Gasteiger partial charge in [-0.1, -0.05) is 0 Å². The number of carbonyl (C=O) groups is 2. The van der Waals surface area contributed by atoms with Crippen molar-refractivity contribution < 1.29 is 14.5 Å². The highest BCUT2D eigenvalue weighted by atomic mass is 16.6. The molecule has 3 amide bonds. The standard InChI is InChI=1S/C13H11N5O4/c14-13(20)17(10-3-5-11(6-4-10)18(21)22)16-12(19)9-2-1-7-15-8-9/h1-8H,(H2,14,20)(H,16,19). The Morgan fingerprint density at radius 1 is 1.23 bits per heavy atom. The van der Waals surface area contributed by atoms with Crippen LogP contribution in [0.2, 0.25) is 0 Å². The third kappa shape index (κ3) is 3.33. The van der Waals surface area contributed by atoms with Crippen LogP contribution in [0.1, 0.15) is 10.4 Å². The molecule has 9 nitrogen and oxygen atoms in total. The van der Waals surface area contributed by atoms with E-state index in [0.29, 0.717) is 0 Å². The first kappa shape index (κ1) is 14.9. The number of hydrazine groups is 1. The molecule has 1 aromatic carbocycles. The number of aromatic nitrogens is 1. The van der Waals surface area contributed by atoms with E-state index < -0.39 is 16.9 Å². The lowest BCUT2D eigenvalue weighted by Gasteiger charge is -2.20. The van der Waals surface area contributed by atoms with Crippen LogP contribution < -0.4 is 16.2 Å². The van der Waals surface area contributed by atoms with Gasteiger partial charge in [0, 0.05) is 24.5 Å². The zero-order valence-corrected chi connectivity index (χ0v) is 11.2. The van der Waals surface area contributed by atoms with Gasteiger partial charge in [0.1, 0.15) is 0 Å². The molecule has 0 saturated heterocycles. The maximum atomic E-state index is 12.0. The highest BCUT2D eigenvalue weighted by molar-refractivity contribution is 6.00. The number of hydrogen-bond acceptors (Lipinski definition) is 5. The normalized spacial score (nSPS) is 9.82. The zero-order valence-electron chi connectivity index (χ0n) is 11.2. The second-order valence-corrected chi connectivity index (χ2v) is 4.13. The Balaban J connectivity index is 2.22. The van der Waals surface area contributed by atoms with Crippen molar-refractivity contribution in [3.8, 4) is 0 Å². The van der Waals surface area contributed by atoms with Gasteiger partial charge in [-0.05, 0) is 24.3 Å². The average molecular weight is 301 g/mol. The summed E-state index contributed by atoms with van der Waals surface area (Å²) in [7, 11) is 0. The molecular formula is C13H11N5O4. The fourth-order valence-electron chi connectivity index (χ4n) is 1.63. The van der Waals surface area contributed by atoms with Crippen LogP contribution in [0.15, 0.2) is 48.8 Å². The Morgan fingerprint density at radius 3 is 2.41 bits per heavy atom. The number of benzene rings is 1. The minimum absolute atomic E-state index is 0.147. The fraction of sp³-hybridized carbons (Fsp3) is 0. The first-order valence-corrected chi connectivity index (χ1v) is 6.04. The topological polar surface area (TPSA) is 131 Å². The molecule has 3 N–H and O–H groups in total. The van der Waals surface area contributed by atoms with E-state index in [1.165, 1.54) is 42.7 Å². The van der Waals surface area contributed by atoms with Crippen LogP contribution in [0, 0.1) is 10.1 Å². The number of non-ortho nitro benzene ring substituents is 1. The van der Waals surface area contributed by atoms with Crippen LogP contribution in [0.4, 0.5) is 16.2 Å². The van der Waals surface area contributed by atoms with Crippen molar-refractivity contribution in [3.63, 3.8) is 0 Å². The van der Waals surface area contributed by atoms with Crippen molar-refractivity contribution in [3.05, 3.63) is 64.5 Å². The summed E-state index contributed by atoms with van der Waals surface area (Å²) in [6, 6.07) is 7.13. The van der Waals surface area contributed by atoms with Crippen molar-refractivity contribution in [2.75, 3.05) is 5.01 Å². The van der Waals surface area contributed by atoms with Crippen LogP contribution in [0.25, 0.3) is 0 Å². The molecule has 9 heteroatoms. The summed E-state index contributed by atoms with van der Waals surface area (Å²) in [5, 5.41) is 11.4. The molecule has 0 unspecified atom stereocenters. The Hall–Kier alpha value is -3.49. The minimum Gasteiger partial charge on any atom is -0.350 e. The summed E-state index contributed by atoms with van der Waals surface area (Å²) < 4.78 is 0. The lowest BCUT2D eigenvalue weighted by atomic mass is 10.2. The van der Waals surface area contributed by atoms with E-state index in [1.54, 1.807) is 6.07 Å². The molecule has 0 fully saturated rings. The molecule has 1 aromatic heterocycles. The Labute approximate surface area is 124 Å². The summed E-state index contributed by atoms with van der Waals surface area (Å²) >= 11 is 0. The number of amides is 3. The van der Waals surface area contributed by atoms with E-state index in [2.05, 4.69) is 10.4 Å². The Bertz CT molecular complexity index is 702. The number of pyridine rings is 1. The zero-order chi connectivity index (χ0) is 16.1. The van der Waals surface area contributed by atoms with Gasteiger partial charge in [-0.15, -0.1) is 0 Å². The molecule has 1 heterocycles. The van der Waals surface area contributed by atoms with Gasteiger partial charge in [0.2, 0.25) is 0 Å². The van der Waals surface area contributed by atoms with Gasteiger partial charge in [0.05, 0.1) is 16.2 Å². The van der Waals surface area contributed by atoms with Gasteiger partial charge >= 0.3 is 6.03 Å². The van der Waals surface area contributed by atoms with E-state index in [4.69, 9.17) is 5.73 Å². The number of anilines is 1. The lowest BCUT2D eigenvalue weighted by Crippen LogP contribution is -2.49. The van der Waals surface area contributed by atoms with Crippen LogP contribution in [-0.4, -0.2) is 21.8 Å². The third-order valence-electron chi connectivity index (χ3n) is 2.68. The van der Waals surface area contributed by atoms with Gasteiger partial charge in [0.15, 0.2) is 0 Å². The lowest BCUT2D eigenvalue weighted by molar-refractivity contribution is -0.384. The minimum atomic E-state index is -0.939. The first-order valence-electron chi connectivity index (χ1n) is 6.04. The Morgan fingerprint density at radius 2 is 1.91 bits per heavy atom. The molecule has 0 saturated carbocycles. The van der Waals surface area contributed by atoms with Crippen LogP contribution >= 0.6 is 0 Å². The number of rotatable bonds is 3. The molecule has 0 aliphatic rings. The number of nitrogens with one attached hydrogen (secondary N) is 1. The average Bonchev–Trinajstić information content (AvgIpc) is 2.53. The summed E-state index contributed by atoms with van der Waals surface area (Å²) in [5.74, 6) is -0.592. The number of carbonyl (C=O) groups excluding carboxylic acids is 2. The van der Waals surface area contributed by atoms with Crippen molar-refractivity contribution in [1.29, 1.82) is 0 Å². The Kier molecular flexibility index (Phi) is 4.27. The molecule has 22 heavy (non-hydrogen) atoms. The second-order valence-electron chi connectivity index (χ2n) is 4.13. The molecule has 2 aromatic rings. The van der Waals surface area contributed by atoms with Crippen LogP contribution in [-0.2, 0) is 0 Å². The highest BCUT2D eigenvalue weighted by Gasteiger charge is 2.17. The molecule has 0 spiro atoms. The summed E-state index contributed by atoms with van der Waals surface area (Å²) in [4.78, 5) is 37.3. The molecule has 112 valence electrons. The maximum absolute atomic E-state index is 12.0. The van der Waals surface area contributed by atoms with E-state index in [-0.39, 0.29) is 16.9 Å². The van der Waals surface area contributed by atoms with Gasteiger partial charge in [0.25, 0.3) is 11.6 Å². The number of nitrogens with zero attached hydrogens (tertiary/aromatic N) is 3. The van der Waals surface area contributed by atoms with Crippen LogP contribution in [0.3, 0.4) is 0 Å². The van der Waals surface area contributed by atoms with Crippen molar-refractivity contribution >= 4 is 23.3 Å². The van der Waals surface area contributed by atoms with Crippen molar-refractivity contribution in [2.24, 2.45) is 5.73 Å². The van der Waals surface area contributed by atoms with Crippen molar-refractivity contribution in [2.45, 2.75) is 0 Å². The monoisotopic (exact) mass is 301 g/mol. The summed E-state index contributed by atoms with van der Waals surface area (Å²) in [6.07, 6.45) is 2.82. The predicted molar refractivity (Wildman–Crippen MR) is 76.9 cm³/mol. The number of primary amides is 1. The van der Waals surface area contributed by atoms with E-state index in [0.717, 1.165) is 5.01 Å². The molecule has 0 radical (unpaired) electrons. The van der Waals surface area contributed by atoms with E-state index in [9.17, 15) is 19.7 Å². The second kappa shape index (κ2) is 6.31. The van der Waals surface area contributed by atoms with Gasteiger partial charge in [-0.3, -0.25) is 25.3 Å². The van der Waals surface area contributed by atoms with Crippen molar-refractivity contribution in [1.82, 2.24) is 10.4 Å². The fourth-order valence-corrected chi connectivity index (χ4v) is 1.63. The van der Waals surface area contributed by atoms with E-state index >= 15 is 0 Å². The highest BCUT2D eigenvalue weighted by Crippen LogP contribution is 2.18. The summed E-state index contributed by atoms with van der Waals surface area (Å²) in [6.45, 7) is 0. The van der Waals surface area contributed by atoms with Crippen LogP contribution in [0.5, 0.6) is 0 Å². The maximum Gasteiger partial charge on any atom is 0.338 e. The molecular weight excluding hydrogens is 290 g/mol. The smallest absolute Gasteiger partial charge is 0.338 e. The summed E-state index contributed by atoms with van der Waals surface area (Å²) in [5.41, 5.74) is 7.80. The molecule has 0 bridgehead atoms. The quantitative estimate of drug-likeness (QED) is 0.649. The largest absolute Gasteiger partial charge is 0.350 e. The number of nitro benzene ring substituents is 1. The SMILES string of the molecule is NC(=O)N(NC(=O)c1cccnc1)c1ccc([N+](=O)[O-])cc1. The van der Waals surface area contributed by atoms with Gasteiger partial charge in [-0.2, -0.15) is 0 Å². The van der Waals surface area contributed by atoms with E-state index in [1.807, 2.05) is 0 Å². The van der Waals surface area contributed by atoms with Gasteiger partial charge < -0.3 is 5.73 Å². The predicted octanol–water partition coefficient (Wildman–Crippen LogP) is 1.22. The number of urea groups is 1. The number of hydrogen-bond donors (Lipinski definition) is 2. The van der Waals surface area contributed by atoms with Gasteiger partial charge in [-0.25, -0.2) is 9.80 Å². The molecule has 0 aliphatic carbocycles. The molecule has 0 atom stereocenters. The molecule has 0 aliphatic heterocycles.